The fourth-order valence-electron chi connectivity index (χ4n) is 2.06. The Morgan fingerprint density at radius 2 is 1.70 bits per heavy atom. The fourth-order valence-corrected chi connectivity index (χ4v) is 2.39. The summed E-state index contributed by atoms with van der Waals surface area (Å²) in [5.41, 5.74) is 0.533. The van der Waals surface area contributed by atoms with E-state index >= 15 is 0 Å². The molecular formula is C13H7Cl2N3O2. The van der Waals surface area contributed by atoms with E-state index in [0.29, 0.717) is 31.2 Å². The summed E-state index contributed by atoms with van der Waals surface area (Å²) in [5, 5.41) is 30.6. The van der Waals surface area contributed by atoms with Crippen molar-refractivity contribution in [2.45, 2.75) is 0 Å². The van der Waals surface area contributed by atoms with E-state index in [-0.39, 0.29) is 10.9 Å². The Balaban J connectivity index is 2.70. The van der Waals surface area contributed by atoms with Crippen molar-refractivity contribution in [2.75, 3.05) is 0 Å². The maximum Gasteiger partial charge on any atom is 0.255 e. The molecule has 0 aliphatic rings. The maximum atomic E-state index is 12.1. The van der Waals surface area contributed by atoms with Crippen molar-refractivity contribution in [2.24, 2.45) is 5.16 Å². The molecule has 1 aromatic heterocycles. The first-order valence-electron chi connectivity index (χ1n) is 5.61. The van der Waals surface area contributed by atoms with Crippen LogP contribution >= 0.6 is 23.2 Å². The second-order valence-corrected chi connectivity index (χ2v) is 5.02. The summed E-state index contributed by atoms with van der Waals surface area (Å²) >= 11 is 11.8. The van der Waals surface area contributed by atoms with Crippen molar-refractivity contribution < 1.29 is 10.1 Å². The smallest absolute Gasteiger partial charge is 0.255 e. The molecule has 0 unspecified atom stereocenters. The fraction of sp³-hybridized carbons (Fsp3) is 0. The summed E-state index contributed by atoms with van der Waals surface area (Å²) in [6.07, 6.45) is 0. The number of benzene rings is 2. The molecular weight excluding hydrogens is 301 g/mol. The van der Waals surface area contributed by atoms with Crippen LogP contribution in [0.5, 0.6) is 0 Å². The van der Waals surface area contributed by atoms with E-state index in [1.807, 2.05) is 0 Å². The molecule has 20 heavy (non-hydrogen) atoms. The van der Waals surface area contributed by atoms with Gasteiger partial charge in [0.05, 0.1) is 5.39 Å². The minimum atomic E-state index is 0.206. The lowest BCUT2D eigenvalue weighted by molar-refractivity contribution is -0.639. The van der Waals surface area contributed by atoms with Gasteiger partial charge in [0.25, 0.3) is 5.52 Å². The topological polar surface area (TPSA) is 72.4 Å². The summed E-state index contributed by atoms with van der Waals surface area (Å²) in [4.78, 5) is 0.439. The highest BCUT2D eigenvalue weighted by Crippen LogP contribution is 2.17. The Morgan fingerprint density at radius 1 is 1.05 bits per heavy atom. The minimum absolute atomic E-state index is 0.206. The normalized spacial score (nSPS) is 12.2. The van der Waals surface area contributed by atoms with Gasteiger partial charge in [-0.25, -0.2) is 0 Å². The molecule has 7 heteroatoms. The summed E-state index contributed by atoms with van der Waals surface area (Å²) in [6, 6.07) is 9.49. The van der Waals surface area contributed by atoms with E-state index in [2.05, 4.69) is 10.3 Å². The first-order valence-corrected chi connectivity index (χ1v) is 6.36. The van der Waals surface area contributed by atoms with Gasteiger partial charge < -0.3 is 10.4 Å². The monoisotopic (exact) mass is 307 g/mol. The highest BCUT2D eigenvalue weighted by atomic mass is 35.5. The van der Waals surface area contributed by atoms with E-state index in [1.165, 1.54) is 12.1 Å². The van der Waals surface area contributed by atoms with Crippen LogP contribution in [0, 0.1) is 5.21 Å². The van der Waals surface area contributed by atoms with E-state index in [9.17, 15) is 10.4 Å². The Bertz CT molecular complexity index is 913. The summed E-state index contributed by atoms with van der Waals surface area (Å²) in [6.45, 7) is 0. The number of hydrogen-bond acceptors (Lipinski definition) is 4. The van der Waals surface area contributed by atoms with Crippen LogP contribution in [0.1, 0.15) is 0 Å². The molecule has 0 saturated carbocycles. The second kappa shape index (κ2) is 4.77. The quantitative estimate of drug-likeness (QED) is 0.300. The van der Waals surface area contributed by atoms with Crippen LogP contribution in [-0.2, 0) is 0 Å². The van der Waals surface area contributed by atoms with Gasteiger partial charge in [0.1, 0.15) is 10.9 Å². The van der Waals surface area contributed by atoms with Gasteiger partial charge in [-0.05, 0) is 35.2 Å². The number of nitrogens with zero attached hydrogens (tertiary/aromatic N) is 3. The van der Waals surface area contributed by atoms with Gasteiger partial charge >= 0.3 is 0 Å². The van der Waals surface area contributed by atoms with Crippen LogP contribution in [0.4, 0.5) is 0 Å². The van der Waals surface area contributed by atoms with Gasteiger partial charge in [-0.1, -0.05) is 28.4 Å². The zero-order chi connectivity index (χ0) is 14.3. The lowest BCUT2D eigenvalue weighted by Crippen LogP contribution is -2.30. The van der Waals surface area contributed by atoms with Crippen molar-refractivity contribution in [3.8, 4) is 0 Å². The number of rotatable bonds is 0. The molecule has 1 N–H and O–H groups in total. The standard InChI is InChI=1S/C13H7Cl2N3O2/c14-7-1-3-9-11(5-7)16-18(20)12-6-8(15)2-4-10(12)13(9)17-19/h1-6,19H/b17-13-. The third kappa shape index (κ3) is 2.01. The average molecular weight is 308 g/mol. The predicted molar refractivity (Wildman–Crippen MR) is 75.6 cm³/mol. The van der Waals surface area contributed by atoms with Gasteiger partial charge in [0, 0.05) is 26.6 Å². The van der Waals surface area contributed by atoms with E-state index in [4.69, 9.17) is 23.2 Å². The highest BCUT2D eigenvalue weighted by Gasteiger charge is 2.11. The summed E-state index contributed by atoms with van der Waals surface area (Å²) < 4.78 is 0. The van der Waals surface area contributed by atoms with Crippen molar-refractivity contribution in [3.63, 3.8) is 0 Å². The Morgan fingerprint density at radius 3 is 2.40 bits per heavy atom. The van der Waals surface area contributed by atoms with Gasteiger partial charge in [-0.15, -0.1) is 0 Å². The predicted octanol–water partition coefficient (Wildman–Crippen LogP) is 2.62. The molecule has 5 nitrogen and oxygen atoms in total. The minimum Gasteiger partial charge on any atom is -0.594 e. The Kier molecular flexibility index (Phi) is 3.08. The molecule has 0 aliphatic heterocycles. The van der Waals surface area contributed by atoms with Gasteiger partial charge in [0.2, 0.25) is 0 Å². The van der Waals surface area contributed by atoms with E-state index in [1.54, 1.807) is 24.3 Å². The molecule has 0 fully saturated rings. The number of aromatic nitrogens is 2. The number of fused-ring (bicyclic) bond motifs is 2. The van der Waals surface area contributed by atoms with Crippen LogP contribution in [0.2, 0.25) is 10.0 Å². The SMILES string of the molecule is [O-][n+]1nc2cc(Cl)ccc2/c(=N/O)c2ccc(Cl)cc21. The van der Waals surface area contributed by atoms with Crippen molar-refractivity contribution in [3.05, 3.63) is 57.0 Å². The molecule has 0 saturated heterocycles. The second-order valence-electron chi connectivity index (χ2n) is 4.14. The highest BCUT2D eigenvalue weighted by molar-refractivity contribution is 6.31. The molecule has 2 aromatic carbocycles. The van der Waals surface area contributed by atoms with Gasteiger partial charge in [-0.2, -0.15) is 0 Å². The lowest BCUT2D eigenvalue weighted by atomic mass is 10.1. The molecule has 100 valence electrons. The molecule has 0 amide bonds. The summed E-state index contributed by atoms with van der Waals surface area (Å²) in [5.74, 6) is 0. The molecule has 1 heterocycles. The molecule has 0 spiro atoms. The van der Waals surface area contributed by atoms with Crippen LogP contribution in [0.3, 0.4) is 0 Å². The van der Waals surface area contributed by atoms with Crippen LogP contribution < -0.4 is 10.2 Å². The first-order chi connectivity index (χ1) is 9.60. The van der Waals surface area contributed by atoms with Gasteiger partial charge in [0.15, 0.2) is 0 Å². The Labute approximate surface area is 122 Å². The molecule has 3 rings (SSSR count). The van der Waals surface area contributed by atoms with Crippen LogP contribution in [0.25, 0.3) is 21.8 Å². The molecule has 0 radical (unpaired) electrons. The first kappa shape index (κ1) is 12.9. The van der Waals surface area contributed by atoms with Crippen LogP contribution in [0.15, 0.2) is 41.6 Å². The lowest BCUT2D eigenvalue weighted by Gasteiger charge is -1.94. The Hall–Kier alpha value is -2.11. The average Bonchev–Trinajstić information content (AvgIpc) is 2.53. The number of hydrogen-bond donors (Lipinski definition) is 1. The third-order valence-electron chi connectivity index (χ3n) is 2.93. The van der Waals surface area contributed by atoms with Crippen molar-refractivity contribution in [1.82, 2.24) is 5.10 Å². The van der Waals surface area contributed by atoms with E-state index in [0.717, 1.165) is 0 Å². The zero-order valence-corrected chi connectivity index (χ0v) is 11.4. The van der Waals surface area contributed by atoms with Crippen molar-refractivity contribution >= 4 is 45.0 Å². The van der Waals surface area contributed by atoms with E-state index < -0.39 is 0 Å². The summed E-state index contributed by atoms with van der Waals surface area (Å²) in [7, 11) is 0. The number of halogens is 2. The molecule has 0 atom stereocenters. The molecule has 3 aromatic rings. The van der Waals surface area contributed by atoms with Crippen LogP contribution in [-0.4, -0.2) is 10.3 Å². The third-order valence-corrected chi connectivity index (χ3v) is 3.40. The molecule has 0 aliphatic carbocycles. The maximum absolute atomic E-state index is 12.1. The molecule has 0 bridgehead atoms. The largest absolute Gasteiger partial charge is 0.594 e. The van der Waals surface area contributed by atoms with Crippen molar-refractivity contribution in [1.29, 1.82) is 0 Å². The zero-order valence-electron chi connectivity index (χ0n) is 9.92. The van der Waals surface area contributed by atoms with Gasteiger partial charge in [-0.3, -0.25) is 0 Å².